The molecule has 1 atom stereocenters. The summed E-state index contributed by atoms with van der Waals surface area (Å²) in [4.78, 5) is 13.6. The first kappa shape index (κ1) is 23.0. The summed E-state index contributed by atoms with van der Waals surface area (Å²) < 4.78 is 0. The van der Waals surface area contributed by atoms with Crippen LogP contribution in [0.1, 0.15) is 49.3 Å². The molecule has 2 N–H and O–H groups in total. The van der Waals surface area contributed by atoms with Gasteiger partial charge in [0.1, 0.15) is 5.75 Å². The van der Waals surface area contributed by atoms with E-state index in [1.807, 2.05) is 6.92 Å². The molecule has 3 rings (SSSR count). The number of phenolic OH excluding ortho intramolecular Hbond substituents is 1. The Morgan fingerprint density at radius 1 is 1.19 bits per heavy atom. The zero-order valence-corrected chi connectivity index (χ0v) is 16.8. The first-order chi connectivity index (χ1) is 11.6. The predicted octanol–water partition coefficient (Wildman–Crippen LogP) is 3.98. The number of phenols is 1. The van der Waals surface area contributed by atoms with E-state index in [9.17, 15) is 15.2 Å². The second kappa shape index (κ2) is 10.3. The minimum Gasteiger partial charge on any atom is -0.507 e. The van der Waals surface area contributed by atoms with Crippen molar-refractivity contribution >= 4 is 30.5 Å². The molecule has 148 valence electrons. The monoisotopic (exact) mass is 405 g/mol. The average molecular weight is 406 g/mol. The van der Waals surface area contributed by atoms with Crippen LogP contribution in [0.3, 0.4) is 0 Å². The second-order valence-electron chi connectivity index (χ2n) is 7.05. The molecule has 0 spiro atoms. The van der Waals surface area contributed by atoms with Crippen LogP contribution >= 0.6 is 24.8 Å². The molecule has 0 aromatic heterocycles. The molecule has 1 aromatic carbocycles. The van der Waals surface area contributed by atoms with Gasteiger partial charge in [-0.15, -0.1) is 24.8 Å². The summed E-state index contributed by atoms with van der Waals surface area (Å²) in [5.74, 6) is 0.488. The van der Waals surface area contributed by atoms with Crippen LogP contribution in [-0.2, 0) is 0 Å². The summed E-state index contributed by atoms with van der Waals surface area (Å²) in [6.45, 7) is 5.34. The molecule has 1 heterocycles. The van der Waals surface area contributed by atoms with Crippen LogP contribution in [0.2, 0.25) is 0 Å². The minimum atomic E-state index is -0.341. The smallest absolute Gasteiger partial charge is 0.277 e. The number of nitro groups is 1. The molecule has 1 aromatic rings. The molecule has 0 amide bonds. The quantitative estimate of drug-likeness (QED) is 0.584. The van der Waals surface area contributed by atoms with Gasteiger partial charge in [-0.3, -0.25) is 15.0 Å². The number of rotatable bonds is 4. The van der Waals surface area contributed by atoms with E-state index in [4.69, 9.17) is 0 Å². The Morgan fingerprint density at radius 2 is 1.81 bits per heavy atom. The lowest BCUT2D eigenvalue weighted by Crippen LogP contribution is -2.47. The number of nitro benzene ring substituents is 1. The van der Waals surface area contributed by atoms with Crippen LogP contribution in [0.15, 0.2) is 12.1 Å². The normalized spacial score (nSPS) is 19.9. The van der Waals surface area contributed by atoms with E-state index in [1.54, 1.807) is 12.1 Å². The number of aromatic hydroxyl groups is 1. The summed E-state index contributed by atoms with van der Waals surface area (Å²) in [6.07, 6.45) is 5.76. The van der Waals surface area contributed by atoms with Gasteiger partial charge < -0.3 is 10.4 Å². The largest absolute Gasteiger partial charge is 0.507 e. The number of piperazine rings is 1. The molecule has 0 bridgehead atoms. The standard InChI is InChI=1S/C18H27N3O3.2ClH/c1-13-7-8-15(21(23)24)16(18(13)22)17(14-5-3-2-4-6-14)20-11-9-19-10-12-20;;/h7-8,14,17,19,22H,2-6,9-12H2,1H3;2*1H/t17-;;/m0../s1. The lowest BCUT2D eigenvalue weighted by molar-refractivity contribution is -0.386. The number of hydrogen-bond donors (Lipinski definition) is 2. The van der Waals surface area contributed by atoms with Crippen LogP contribution in [0.5, 0.6) is 5.75 Å². The third-order valence-corrected chi connectivity index (χ3v) is 5.53. The van der Waals surface area contributed by atoms with Crippen molar-refractivity contribution in [1.29, 1.82) is 0 Å². The molecule has 0 radical (unpaired) electrons. The van der Waals surface area contributed by atoms with E-state index in [0.717, 1.165) is 39.0 Å². The molecule has 1 aliphatic heterocycles. The van der Waals surface area contributed by atoms with Gasteiger partial charge >= 0.3 is 0 Å². The molecular formula is C18H29Cl2N3O3. The summed E-state index contributed by atoms with van der Waals surface area (Å²) in [7, 11) is 0. The topological polar surface area (TPSA) is 78.6 Å². The van der Waals surface area contributed by atoms with Crippen molar-refractivity contribution in [3.63, 3.8) is 0 Å². The van der Waals surface area contributed by atoms with Crippen molar-refractivity contribution < 1.29 is 10.0 Å². The van der Waals surface area contributed by atoms with Gasteiger partial charge in [0.25, 0.3) is 5.69 Å². The highest BCUT2D eigenvalue weighted by atomic mass is 35.5. The number of nitrogens with one attached hydrogen (secondary N) is 1. The molecule has 2 aliphatic rings. The van der Waals surface area contributed by atoms with E-state index in [-0.39, 0.29) is 47.2 Å². The Hall–Kier alpha value is -1.08. The molecule has 1 saturated carbocycles. The van der Waals surface area contributed by atoms with E-state index in [1.165, 1.54) is 19.3 Å². The van der Waals surface area contributed by atoms with Crippen LogP contribution in [0, 0.1) is 23.0 Å². The van der Waals surface area contributed by atoms with Crippen molar-refractivity contribution in [2.75, 3.05) is 26.2 Å². The Bertz CT molecular complexity index is 586. The fourth-order valence-corrected chi connectivity index (χ4v) is 4.28. The van der Waals surface area contributed by atoms with Crippen molar-refractivity contribution in [1.82, 2.24) is 10.2 Å². The first-order valence-electron chi connectivity index (χ1n) is 9.01. The first-order valence-corrected chi connectivity index (χ1v) is 9.01. The molecule has 0 unspecified atom stereocenters. The molecule has 1 saturated heterocycles. The van der Waals surface area contributed by atoms with Crippen molar-refractivity contribution in [3.05, 3.63) is 33.4 Å². The number of nitrogens with zero attached hydrogens (tertiary/aromatic N) is 2. The maximum atomic E-state index is 11.6. The fraction of sp³-hybridized carbons (Fsp3) is 0.667. The maximum Gasteiger partial charge on any atom is 0.277 e. The van der Waals surface area contributed by atoms with Crippen LogP contribution in [0.25, 0.3) is 0 Å². The zero-order valence-electron chi connectivity index (χ0n) is 15.1. The summed E-state index contributed by atoms with van der Waals surface area (Å²) in [5.41, 5.74) is 1.31. The van der Waals surface area contributed by atoms with E-state index < -0.39 is 0 Å². The third kappa shape index (κ3) is 4.80. The number of hydrogen-bond acceptors (Lipinski definition) is 5. The van der Waals surface area contributed by atoms with Crippen molar-refractivity contribution in [3.8, 4) is 5.75 Å². The predicted molar refractivity (Wildman–Crippen MR) is 108 cm³/mol. The molecule has 1 aliphatic carbocycles. The Kier molecular flexibility index (Phi) is 9.10. The van der Waals surface area contributed by atoms with E-state index >= 15 is 0 Å². The van der Waals surface area contributed by atoms with Gasteiger partial charge in [-0.2, -0.15) is 0 Å². The highest BCUT2D eigenvalue weighted by Gasteiger charge is 2.37. The van der Waals surface area contributed by atoms with Gasteiger partial charge in [-0.1, -0.05) is 19.3 Å². The summed E-state index contributed by atoms with van der Waals surface area (Å²) in [6, 6.07) is 3.14. The summed E-state index contributed by atoms with van der Waals surface area (Å²) >= 11 is 0. The molecular weight excluding hydrogens is 377 g/mol. The van der Waals surface area contributed by atoms with Gasteiger partial charge in [-0.25, -0.2) is 0 Å². The Morgan fingerprint density at radius 3 is 2.38 bits per heavy atom. The molecule has 2 fully saturated rings. The van der Waals surface area contributed by atoms with Gasteiger partial charge in [0.2, 0.25) is 0 Å². The lowest BCUT2D eigenvalue weighted by atomic mass is 9.79. The van der Waals surface area contributed by atoms with E-state index in [0.29, 0.717) is 17.0 Å². The Labute approximate surface area is 167 Å². The van der Waals surface area contributed by atoms with Crippen LogP contribution < -0.4 is 5.32 Å². The number of aryl methyl sites for hydroxylation is 1. The maximum absolute atomic E-state index is 11.6. The SMILES string of the molecule is Cc1ccc([N+](=O)[O-])c([C@H](C2CCCCC2)N2CCNCC2)c1O.Cl.Cl. The van der Waals surface area contributed by atoms with Crippen molar-refractivity contribution in [2.24, 2.45) is 5.92 Å². The summed E-state index contributed by atoms with van der Waals surface area (Å²) in [5, 5.41) is 25.7. The van der Waals surface area contributed by atoms with Crippen LogP contribution in [-0.4, -0.2) is 41.1 Å². The number of halogens is 2. The average Bonchev–Trinajstić information content (AvgIpc) is 2.60. The van der Waals surface area contributed by atoms with Gasteiger partial charge in [0.05, 0.1) is 10.5 Å². The molecule has 8 heteroatoms. The molecule has 26 heavy (non-hydrogen) atoms. The van der Waals surface area contributed by atoms with Crippen LogP contribution in [0.4, 0.5) is 5.69 Å². The highest BCUT2D eigenvalue weighted by molar-refractivity contribution is 5.85. The van der Waals surface area contributed by atoms with Gasteiger partial charge in [-0.05, 0) is 37.3 Å². The minimum absolute atomic E-state index is 0. The fourth-order valence-electron chi connectivity index (χ4n) is 4.28. The van der Waals surface area contributed by atoms with Crippen molar-refractivity contribution in [2.45, 2.75) is 45.1 Å². The van der Waals surface area contributed by atoms with E-state index in [2.05, 4.69) is 10.2 Å². The third-order valence-electron chi connectivity index (χ3n) is 5.53. The number of benzene rings is 1. The Balaban J connectivity index is 0.00000169. The lowest BCUT2D eigenvalue weighted by Gasteiger charge is -2.41. The second-order valence-corrected chi connectivity index (χ2v) is 7.05. The van der Waals surface area contributed by atoms with Gasteiger partial charge in [0.15, 0.2) is 0 Å². The highest BCUT2D eigenvalue weighted by Crippen LogP contribution is 2.46. The molecule has 6 nitrogen and oxygen atoms in total. The zero-order chi connectivity index (χ0) is 17.1. The van der Waals surface area contributed by atoms with Gasteiger partial charge in [0, 0.05) is 38.3 Å².